The number of carbonyl (C=O) groups is 1. The number of amides is 1. The summed E-state index contributed by atoms with van der Waals surface area (Å²) in [6, 6.07) is 14.7. The molecule has 2 N–H and O–H groups in total. The third-order valence-corrected chi connectivity index (χ3v) is 5.26. The summed E-state index contributed by atoms with van der Waals surface area (Å²) in [4.78, 5) is 19.7. The second-order valence-electron chi connectivity index (χ2n) is 8.12. The van der Waals surface area contributed by atoms with Crippen LogP contribution in [0.2, 0.25) is 0 Å². The normalized spacial score (nSPS) is 16.1. The van der Waals surface area contributed by atoms with Gasteiger partial charge < -0.3 is 10.0 Å². The maximum Gasteiger partial charge on any atom is 0.411 e. The number of hydrogen-bond acceptors (Lipinski definition) is 5. The fourth-order valence-corrected chi connectivity index (χ4v) is 3.31. The highest BCUT2D eigenvalue weighted by Crippen LogP contribution is 2.23. The molecule has 0 atom stereocenters. The first-order chi connectivity index (χ1) is 14.5. The van der Waals surface area contributed by atoms with Gasteiger partial charge in [-0.2, -0.15) is 4.98 Å². The zero-order chi connectivity index (χ0) is 21.1. The van der Waals surface area contributed by atoms with E-state index in [0.717, 1.165) is 30.9 Å². The molecular formula is C22H28N6O2. The average molecular weight is 409 g/mol. The van der Waals surface area contributed by atoms with Crippen molar-refractivity contribution in [1.82, 2.24) is 24.4 Å². The Morgan fingerprint density at radius 2 is 1.83 bits per heavy atom. The van der Waals surface area contributed by atoms with Gasteiger partial charge in [-0.3, -0.25) is 10.2 Å². The first kappa shape index (κ1) is 20.3. The van der Waals surface area contributed by atoms with Crippen LogP contribution in [-0.2, 0) is 6.54 Å². The standard InChI is InChI=1S/C19H22N6O2.C3H6/c1-23(2)15-11-24(12-15)10-13-6-8-14(9-7-13)16-4-3-5-17-20-18(21-19(26)27)22-25(16)17;1-2-3-1/h3-9,15H,10-12H2,1-2H3,(H,21,22)(H,26,27);1-3H2. The van der Waals surface area contributed by atoms with Crippen molar-refractivity contribution in [3.63, 3.8) is 0 Å². The fraction of sp³-hybridized carbons (Fsp3) is 0.409. The first-order valence-corrected chi connectivity index (χ1v) is 10.3. The molecule has 1 aromatic carbocycles. The summed E-state index contributed by atoms with van der Waals surface area (Å²) >= 11 is 0. The molecule has 30 heavy (non-hydrogen) atoms. The Balaban J connectivity index is 0.000000667. The summed E-state index contributed by atoms with van der Waals surface area (Å²) < 4.78 is 1.65. The van der Waals surface area contributed by atoms with Crippen LogP contribution in [-0.4, -0.2) is 68.8 Å². The van der Waals surface area contributed by atoms with Crippen molar-refractivity contribution in [3.05, 3.63) is 48.0 Å². The summed E-state index contributed by atoms with van der Waals surface area (Å²) in [6.45, 7) is 3.16. The van der Waals surface area contributed by atoms with Gasteiger partial charge in [-0.25, -0.2) is 9.31 Å². The van der Waals surface area contributed by atoms with E-state index in [1.807, 2.05) is 12.1 Å². The third kappa shape index (κ3) is 4.95. The van der Waals surface area contributed by atoms with Crippen LogP contribution in [0.25, 0.3) is 16.9 Å². The molecule has 0 radical (unpaired) electrons. The highest BCUT2D eigenvalue weighted by Gasteiger charge is 2.27. The lowest BCUT2D eigenvalue weighted by Gasteiger charge is -2.42. The maximum atomic E-state index is 10.8. The third-order valence-electron chi connectivity index (χ3n) is 5.26. The van der Waals surface area contributed by atoms with Gasteiger partial charge in [0.15, 0.2) is 5.65 Å². The van der Waals surface area contributed by atoms with Crippen LogP contribution < -0.4 is 5.32 Å². The van der Waals surface area contributed by atoms with E-state index in [1.54, 1.807) is 10.6 Å². The molecule has 0 spiro atoms. The molecule has 0 bridgehead atoms. The van der Waals surface area contributed by atoms with Gasteiger partial charge in [0.2, 0.25) is 0 Å². The van der Waals surface area contributed by atoms with Gasteiger partial charge in [0.1, 0.15) is 0 Å². The smallest absolute Gasteiger partial charge is 0.411 e. The van der Waals surface area contributed by atoms with Gasteiger partial charge in [0, 0.05) is 31.2 Å². The molecule has 1 aliphatic heterocycles. The van der Waals surface area contributed by atoms with Crippen molar-refractivity contribution >= 4 is 17.7 Å². The Bertz CT molecular complexity index is 1000. The van der Waals surface area contributed by atoms with Gasteiger partial charge in [0.05, 0.1) is 5.69 Å². The van der Waals surface area contributed by atoms with Crippen LogP contribution in [0, 0.1) is 0 Å². The number of nitrogens with one attached hydrogen (secondary N) is 1. The van der Waals surface area contributed by atoms with Crippen molar-refractivity contribution in [2.75, 3.05) is 32.5 Å². The van der Waals surface area contributed by atoms with Crippen LogP contribution in [0.15, 0.2) is 42.5 Å². The summed E-state index contributed by atoms with van der Waals surface area (Å²) in [5.41, 5.74) is 3.73. The number of carboxylic acid groups (broad SMARTS) is 1. The van der Waals surface area contributed by atoms with Crippen molar-refractivity contribution in [2.24, 2.45) is 0 Å². The highest BCUT2D eigenvalue weighted by molar-refractivity contribution is 5.80. The minimum Gasteiger partial charge on any atom is -0.465 e. The number of fused-ring (bicyclic) bond motifs is 1. The molecule has 2 aromatic heterocycles. The molecule has 1 amide bonds. The quantitative estimate of drug-likeness (QED) is 0.673. The highest BCUT2D eigenvalue weighted by atomic mass is 16.4. The Morgan fingerprint density at radius 3 is 2.43 bits per heavy atom. The SMILES string of the molecule is C1CC1.CN(C)C1CN(Cc2ccc(-c3cccc4nc(NC(=O)O)nn34)cc2)C1. The number of likely N-dealkylation sites (tertiary alicyclic amines) is 1. The van der Waals surface area contributed by atoms with E-state index >= 15 is 0 Å². The summed E-state index contributed by atoms with van der Waals surface area (Å²) in [5.74, 6) is 0.0693. The molecule has 2 fully saturated rings. The van der Waals surface area contributed by atoms with Crippen molar-refractivity contribution < 1.29 is 9.90 Å². The molecule has 158 valence electrons. The van der Waals surface area contributed by atoms with Gasteiger partial charge >= 0.3 is 6.09 Å². The van der Waals surface area contributed by atoms with Gasteiger partial charge in [-0.1, -0.05) is 49.6 Å². The average Bonchev–Trinajstić information content (AvgIpc) is 3.50. The number of benzene rings is 1. The number of hydrogen-bond donors (Lipinski definition) is 2. The monoisotopic (exact) mass is 408 g/mol. The Hall–Kier alpha value is -2.97. The number of likely N-dealkylation sites (N-methyl/N-ethyl adjacent to an activating group) is 1. The summed E-state index contributed by atoms with van der Waals surface area (Å²) in [5, 5.41) is 15.3. The Kier molecular flexibility index (Phi) is 5.96. The van der Waals surface area contributed by atoms with E-state index in [-0.39, 0.29) is 5.95 Å². The molecule has 5 rings (SSSR count). The second kappa shape index (κ2) is 8.81. The number of aromatic nitrogens is 3. The Labute approximate surface area is 176 Å². The maximum absolute atomic E-state index is 10.8. The number of nitrogens with zero attached hydrogens (tertiary/aromatic N) is 5. The predicted molar refractivity (Wildman–Crippen MR) is 117 cm³/mol. The summed E-state index contributed by atoms with van der Waals surface area (Å²) in [6.07, 6.45) is 3.32. The number of anilines is 1. The molecule has 2 aliphatic rings. The zero-order valence-electron chi connectivity index (χ0n) is 17.5. The molecule has 1 saturated carbocycles. The molecule has 8 heteroatoms. The number of pyridine rings is 1. The van der Waals surface area contributed by atoms with Crippen LogP contribution in [0.1, 0.15) is 24.8 Å². The van der Waals surface area contributed by atoms with Crippen LogP contribution >= 0.6 is 0 Å². The minimum absolute atomic E-state index is 0.0693. The first-order valence-electron chi connectivity index (χ1n) is 10.3. The molecule has 1 saturated heterocycles. The van der Waals surface area contributed by atoms with E-state index in [4.69, 9.17) is 5.11 Å². The van der Waals surface area contributed by atoms with Crippen molar-refractivity contribution in [3.8, 4) is 11.3 Å². The molecule has 1 aliphatic carbocycles. The predicted octanol–water partition coefficient (Wildman–Crippen LogP) is 3.40. The van der Waals surface area contributed by atoms with E-state index in [1.165, 1.54) is 24.8 Å². The molecular weight excluding hydrogens is 380 g/mol. The molecule has 0 unspecified atom stereocenters. The summed E-state index contributed by atoms with van der Waals surface area (Å²) in [7, 11) is 4.25. The van der Waals surface area contributed by atoms with E-state index in [2.05, 4.69) is 63.6 Å². The van der Waals surface area contributed by atoms with Crippen LogP contribution in [0.4, 0.5) is 10.7 Å². The van der Waals surface area contributed by atoms with E-state index in [0.29, 0.717) is 11.7 Å². The van der Waals surface area contributed by atoms with Crippen LogP contribution in [0.3, 0.4) is 0 Å². The van der Waals surface area contributed by atoms with Crippen molar-refractivity contribution in [1.29, 1.82) is 0 Å². The topological polar surface area (TPSA) is 86.0 Å². The largest absolute Gasteiger partial charge is 0.465 e. The van der Waals surface area contributed by atoms with Gasteiger partial charge in [-0.05, 0) is 31.8 Å². The van der Waals surface area contributed by atoms with E-state index < -0.39 is 6.09 Å². The van der Waals surface area contributed by atoms with Crippen LogP contribution in [0.5, 0.6) is 0 Å². The van der Waals surface area contributed by atoms with Gasteiger partial charge in [0.25, 0.3) is 5.95 Å². The lowest BCUT2D eigenvalue weighted by Crippen LogP contribution is -2.56. The zero-order valence-corrected chi connectivity index (χ0v) is 17.5. The fourth-order valence-electron chi connectivity index (χ4n) is 3.31. The Morgan fingerprint density at radius 1 is 1.13 bits per heavy atom. The minimum atomic E-state index is -1.18. The second-order valence-corrected chi connectivity index (χ2v) is 8.12. The lowest BCUT2D eigenvalue weighted by atomic mass is 10.0. The van der Waals surface area contributed by atoms with Crippen molar-refractivity contribution in [2.45, 2.75) is 31.8 Å². The van der Waals surface area contributed by atoms with Gasteiger partial charge in [-0.15, -0.1) is 5.10 Å². The van der Waals surface area contributed by atoms with E-state index in [9.17, 15) is 4.79 Å². The molecule has 3 heterocycles. The molecule has 3 aromatic rings. The molecule has 8 nitrogen and oxygen atoms in total. The lowest BCUT2D eigenvalue weighted by molar-refractivity contribution is 0.0574. The number of rotatable bonds is 5.